The molecule has 0 amide bonds. The maximum atomic E-state index is 5.81. The molecular formula is C13H18OS. The van der Waals surface area contributed by atoms with E-state index in [0.29, 0.717) is 12.0 Å². The van der Waals surface area contributed by atoms with Crippen LogP contribution >= 0.6 is 11.8 Å². The van der Waals surface area contributed by atoms with Crippen LogP contribution in [0.4, 0.5) is 0 Å². The summed E-state index contributed by atoms with van der Waals surface area (Å²) >= 11 is 1.81. The number of thioether (sulfide) groups is 1. The summed E-state index contributed by atoms with van der Waals surface area (Å²) in [6, 6.07) is 6.47. The van der Waals surface area contributed by atoms with E-state index in [1.165, 1.54) is 23.3 Å². The molecule has 0 radical (unpaired) electrons. The zero-order valence-electron chi connectivity index (χ0n) is 9.62. The van der Waals surface area contributed by atoms with E-state index < -0.39 is 0 Å². The molecule has 82 valence electrons. The van der Waals surface area contributed by atoms with Gasteiger partial charge in [0.2, 0.25) is 0 Å². The van der Waals surface area contributed by atoms with E-state index in [2.05, 4.69) is 38.3 Å². The smallest absolute Gasteiger partial charge is 0.120 e. The maximum absolute atomic E-state index is 5.81. The summed E-state index contributed by atoms with van der Waals surface area (Å²) in [6.45, 7) is 4.46. The van der Waals surface area contributed by atoms with Gasteiger partial charge < -0.3 is 4.74 Å². The van der Waals surface area contributed by atoms with Gasteiger partial charge >= 0.3 is 0 Å². The summed E-state index contributed by atoms with van der Waals surface area (Å²) in [5.41, 5.74) is 1.40. The predicted molar refractivity (Wildman–Crippen MR) is 66.0 cm³/mol. The number of benzene rings is 1. The fourth-order valence-electron chi connectivity index (χ4n) is 1.62. The zero-order valence-corrected chi connectivity index (χ0v) is 10.4. The monoisotopic (exact) mass is 222 g/mol. The van der Waals surface area contributed by atoms with Crippen LogP contribution in [0.3, 0.4) is 0 Å². The fraction of sp³-hybridized carbons (Fsp3) is 0.538. The van der Waals surface area contributed by atoms with Gasteiger partial charge in [0, 0.05) is 4.90 Å². The minimum Gasteiger partial charge on any atom is -0.490 e. The Morgan fingerprint density at radius 3 is 2.60 bits per heavy atom. The van der Waals surface area contributed by atoms with Crippen LogP contribution in [0.25, 0.3) is 0 Å². The molecule has 0 heterocycles. The number of hydrogen-bond acceptors (Lipinski definition) is 2. The highest BCUT2D eigenvalue weighted by Crippen LogP contribution is 2.33. The summed E-state index contributed by atoms with van der Waals surface area (Å²) in [4.78, 5) is 1.37. The molecule has 1 aromatic carbocycles. The van der Waals surface area contributed by atoms with Crippen molar-refractivity contribution in [2.45, 2.75) is 43.6 Å². The van der Waals surface area contributed by atoms with Crippen molar-refractivity contribution in [2.75, 3.05) is 6.26 Å². The Morgan fingerprint density at radius 2 is 2.07 bits per heavy atom. The van der Waals surface area contributed by atoms with Crippen molar-refractivity contribution in [2.24, 2.45) is 0 Å². The van der Waals surface area contributed by atoms with Crippen LogP contribution < -0.4 is 4.74 Å². The lowest BCUT2D eigenvalue weighted by atomic mass is 10.0. The molecule has 0 bridgehead atoms. The molecule has 2 heteroatoms. The quantitative estimate of drug-likeness (QED) is 0.710. The van der Waals surface area contributed by atoms with Gasteiger partial charge in [0.15, 0.2) is 0 Å². The van der Waals surface area contributed by atoms with Crippen LogP contribution in [0.15, 0.2) is 23.1 Å². The van der Waals surface area contributed by atoms with Gasteiger partial charge in [0.1, 0.15) is 5.75 Å². The molecule has 0 unspecified atom stereocenters. The first-order valence-corrected chi connectivity index (χ1v) is 6.77. The second-order valence-corrected chi connectivity index (χ2v) is 5.22. The lowest BCUT2D eigenvalue weighted by Gasteiger charge is -2.13. The van der Waals surface area contributed by atoms with Crippen molar-refractivity contribution in [1.82, 2.24) is 0 Å². The van der Waals surface area contributed by atoms with Crippen LogP contribution in [0.1, 0.15) is 38.2 Å². The molecule has 0 N–H and O–H groups in total. The first kappa shape index (κ1) is 10.9. The fourth-order valence-corrected chi connectivity index (χ4v) is 2.35. The van der Waals surface area contributed by atoms with Crippen molar-refractivity contribution < 1.29 is 4.74 Å². The first-order valence-electron chi connectivity index (χ1n) is 5.55. The lowest BCUT2D eigenvalue weighted by molar-refractivity contribution is 0.302. The maximum Gasteiger partial charge on any atom is 0.120 e. The number of hydrogen-bond donors (Lipinski definition) is 0. The third-order valence-corrected chi connectivity index (χ3v) is 3.46. The normalized spacial score (nSPS) is 15.7. The molecule has 0 spiro atoms. The molecule has 1 fully saturated rings. The van der Waals surface area contributed by atoms with Crippen molar-refractivity contribution in [3.05, 3.63) is 23.8 Å². The van der Waals surface area contributed by atoms with E-state index in [9.17, 15) is 0 Å². The van der Waals surface area contributed by atoms with Crippen LogP contribution in [-0.2, 0) is 0 Å². The Morgan fingerprint density at radius 1 is 1.33 bits per heavy atom. The molecular weight excluding hydrogens is 204 g/mol. The van der Waals surface area contributed by atoms with Crippen LogP contribution in [0, 0.1) is 0 Å². The first-order chi connectivity index (χ1) is 7.20. The molecule has 2 rings (SSSR count). The molecule has 0 aromatic heterocycles. The molecule has 0 aliphatic heterocycles. The second kappa shape index (κ2) is 4.48. The lowest BCUT2D eigenvalue weighted by Crippen LogP contribution is -1.98. The molecule has 0 saturated heterocycles. The predicted octanol–water partition coefficient (Wildman–Crippen LogP) is 4.07. The highest BCUT2D eigenvalue weighted by molar-refractivity contribution is 7.98. The van der Waals surface area contributed by atoms with E-state index >= 15 is 0 Å². The molecule has 1 saturated carbocycles. The minimum atomic E-state index is 0.491. The summed E-state index contributed by atoms with van der Waals surface area (Å²) in [6.07, 6.45) is 5.07. The highest BCUT2D eigenvalue weighted by atomic mass is 32.2. The molecule has 1 aromatic rings. The second-order valence-electron chi connectivity index (χ2n) is 4.38. The summed E-state index contributed by atoms with van der Waals surface area (Å²) in [5, 5.41) is 0. The third kappa shape index (κ3) is 2.69. The van der Waals surface area contributed by atoms with E-state index in [4.69, 9.17) is 4.74 Å². The zero-order chi connectivity index (χ0) is 10.8. The highest BCUT2D eigenvalue weighted by Gasteiger charge is 2.23. The van der Waals surface area contributed by atoms with Crippen LogP contribution in [-0.4, -0.2) is 12.4 Å². The molecule has 1 aliphatic rings. The Kier molecular flexibility index (Phi) is 3.25. The number of ether oxygens (including phenoxy) is 1. The minimum absolute atomic E-state index is 0.491. The summed E-state index contributed by atoms with van der Waals surface area (Å²) in [5.74, 6) is 1.61. The Labute approximate surface area is 96.2 Å². The van der Waals surface area contributed by atoms with E-state index in [1.54, 1.807) is 0 Å². The SMILES string of the molecule is CSc1ccc(OC2CC2)cc1C(C)C. The van der Waals surface area contributed by atoms with Gasteiger partial charge in [-0.1, -0.05) is 13.8 Å². The van der Waals surface area contributed by atoms with Crippen molar-refractivity contribution in [3.63, 3.8) is 0 Å². The van der Waals surface area contributed by atoms with E-state index in [-0.39, 0.29) is 0 Å². The largest absolute Gasteiger partial charge is 0.490 e. The van der Waals surface area contributed by atoms with Crippen molar-refractivity contribution in [1.29, 1.82) is 0 Å². The molecule has 1 nitrogen and oxygen atoms in total. The Hall–Kier alpha value is -0.630. The van der Waals surface area contributed by atoms with Crippen LogP contribution in [0.5, 0.6) is 5.75 Å². The van der Waals surface area contributed by atoms with Gasteiger partial charge in [0.05, 0.1) is 6.10 Å². The molecule has 0 atom stereocenters. The molecule has 1 aliphatic carbocycles. The van der Waals surface area contributed by atoms with Gasteiger partial charge in [-0.2, -0.15) is 0 Å². The van der Waals surface area contributed by atoms with Gasteiger partial charge in [-0.25, -0.2) is 0 Å². The Bertz CT molecular complexity index is 342. The van der Waals surface area contributed by atoms with Crippen LogP contribution in [0.2, 0.25) is 0 Å². The summed E-state index contributed by atoms with van der Waals surface area (Å²) in [7, 11) is 0. The Balaban J connectivity index is 2.22. The van der Waals surface area contributed by atoms with Gasteiger partial charge in [-0.05, 0) is 48.8 Å². The topological polar surface area (TPSA) is 9.23 Å². The van der Waals surface area contributed by atoms with Crippen molar-refractivity contribution in [3.8, 4) is 5.75 Å². The van der Waals surface area contributed by atoms with Gasteiger partial charge in [-0.3, -0.25) is 0 Å². The summed E-state index contributed by atoms with van der Waals surface area (Å²) < 4.78 is 5.81. The van der Waals surface area contributed by atoms with Gasteiger partial charge in [0.25, 0.3) is 0 Å². The standard InChI is InChI=1S/C13H18OS/c1-9(2)12-8-11(14-10-4-5-10)6-7-13(12)15-3/h6-10H,4-5H2,1-3H3. The average Bonchev–Trinajstić information content (AvgIpc) is 3.01. The van der Waals surface area contributed by atoms with E-state index in [0.717, 1.165) is 5.75 Å². The van der Waals surface area contributed by atoms with Crippen molar-refractivity contribution >= 4 is 11.8 Å². The van der Waals surface area contributed by atoms with E-state index in [1.807, 2.05) is 11.8 Å². The third-order valence-electron chi connectivity index (χ3n) is 2.65. The average molecular weight is 222 g/mol. The van der Waals surface area contributed by atoms with Gasteiger partial charge in [-0.15, -0.1) is 11.8 Å². The number of rotatable bonds is 4. The molecule has 15 heavy (non-hydrogen) atoms.